The first kappa shape index (κ1) is 21.9. The van der Waals surface area contributed by atoms with E-state index in [2.05, 4.69) is 59.8 Å². The van der Waals surface area contributed by atoms with E-state index in [1.165, 1.54) is 11.1 Å². The predicted molar refractivity (Wildman–Crippen MR) is 104 cm³/mol. The molecular formula is C21H37NO3. The van der Waals surface area contributed by atoms with Crippen molar-refractivity contribution in [2.45, 2.75) is 66.5 Å². The second kappa shape index (κ2) is 9.56. The number of benzene rings is 1. The van der Waals surface area contributed by atoms with Gasteiger partial charge in [-0.05, 0) is 62.8 Å². The van der Waals surface area contributed by atoms with E-state index < -0.39 is 6.10 Å². The van der Waals surface area contributed by atoms with Crippen LogP contribution < -0.4 is 10.1 Å². The van der Waals surface area contributed by atoms with E-state index in [1.54, 1.807) is 0 Å². The molecule has 4 heteroatoms. The lowest BCUT2D eigenvalue weighted by Crippen LogP contribution is -2.46. The monoisotopic (exact) mass is 351 g/mol. The molecule has 25 heavy (non-hydrogen) atoms. The molecule has 0 aliphatic rings. The first-order valence-corrected chi connectivity index (χ1v) is 9.19. The van der Waals surface area contributed by atoms with Gasteiger partial charge in [0, 0.05) is 12.1 Å². The minimum atomic E-state index is -0.513. The summed E-state index contributed by atoms with van der Waals surface area (Å²) in [5.41, 5.74) is 2.72. The Morgan fingerprint density at radius 2 is 1.72 bits per heavy atom. The number of aliphatic hydroxyl groups is 1. The zero-order valence-corrected chi connectivity index (χ0v) is 17.1. The van der Waals surface area contributed by atoms with E-state index in [-0.39, 0.29) is 11.0 Å². The fraction of sp³-hybridized carbons (Fsp3) is 0.714. The molecule has 0 bridgehead atoms. The minimum Gasteiger partial charge on any atom is -0.491 e. The van der Waals surface area contributed by atoms with E-state index >= 15 is 0 Å². The molecule has 0 aliphatic heterocycles. The number of β-amino-alcohol motifs (C(OH)–C–C–N with tert-alkyl or cyclic N) is 1. The standard InChI is InChI=1S/C21H37NO3/c1-16-8-9-19(12-17(16)2)25-11-10-24-14-18(23)13-22-21(6,7)15-20(3,4)5/h8-9,12,18,22-23H,10-11,13-15H2,1-7H3/t18-/m1/s1. The van der Waals surface area contributed by atoms with Crippen molar-refractivity contribution in [3.05, 3.63) is 29.3 Å². The van der Waals surface area contributed by atoms with Gasteiger partial charge in [-0.3, -0.25) is 0 Å². The fourth-order valence-electron chi connectivity index (χ4n) is 3.08. The van der Waals surface area contributed by atoms with Crippen LogP contribution in [0.1, 0.15) is 52.2 Å². The van der Waals surface area contributed by atoms with Gasteiger partial charge < -0.3 is 19.9 Å². The Morgan fingerprint density at radius 3 is 2.32 bits per heavy atom. The van der Waals surface area contributed by atoms with Crippen molar-refractivity contribution in [3.63, 3.8) is 0 Å². The molecule has 0 saturated heterocycles. The van der Waals surface area contributed by atoms with Crippen molar-refractivity contribution >= 4 is 0 Å². The summed E-state index contributed by atoms with van der Waals surface area (Å²) in [7, 11) is 0. The van der Waals surface area contributed by atoms with Crippen LogP contribution in [0, 0.1) is 19.3 Å². The maximum atomic E-state index is 10.1. The average molecular weight is 352 g/mol. The molecule has 0 saturated carbocycles. The second-order valence-electron chi connectivity index (χ2n) is 8.83. The molecule has 144 valence electrons. The lowest BCUT2D eigenvalue weighted by Gasteiger charge is -2.34. The number of nitrogens with one attached hydrogen (secondary N) is 1. The molecule has 0 aliphatic carbocycles. The van der Waals surface area contributed by atoms with E-state index in [4.69, 9.17) is 9.47 Å². The number of hydrogen-bond acceptors (Lipinski definition) is 4. The summed E-state index contributed by atoms with van der Waals surface area (Å²) >= 11 is 0. The SMILES string of the molecule is Cc1ccc(OCCOC[C@H](O)CNC(C)(C)CC(C)(C)C)cc1C. The van der Waals surface area contributed by atoms with Crippen molar-refractivity contribution in [1.29, 1.82) is 0 Å². The lowest BCUT2D eigenvalue weighted by atomic mass is 9.82. The van der Waals surface area contributed by atoms with Gasteiger partial charge >= 0.3 is 0 Å². The summed E-state index contributed by atoms with van der Waals surface area (Å²) in [5, 5.41) is 13.5. The van der Waals surface area contributed by atoms with Crippen LogP contribution >= 0.6 is 0 Å². The second-order valence-corrected chi connectivity index (χ2v) is 8.83. The first-order chi connectivity index (χ1) is 11.5. The van der Waals surface area contributed by atoms with Gasteiger partial charge in [-0.15, -0.1) is 0 Å². The Kier molecular flexibility index (Phi) is 8.39. The number of aryl methyl sites for hydroxylation is 2. The van der Waals surface area contributed by atoms with Crippen LogP contribution in [-0.2, 0) is 4.74 Å². The number of ether oxygens (including phenoxy) is 2. The molecule has 0 aromatic heterocycles. The van der Waals surface area contributed by atoms with Crippen LogP contribution in [0.5, 0.6) is 5.75 Å². The molecule has 1 rings (SSSR count). The van der Waals surface area contributed by atoms with E-state index in [1.807, 2.05) is 12.1 Å². The van der Waals surface area contributed by atoms with Crippen molar-refractivity contribution < 1.29 is 14.6 Å². The van der Waals surface area contributed by atoms with Crippen LogP contribution in [0.25, 0.3) is 0 Å². The molecule has 1 aromatic rings. The first-order valence-electron chi connectivity index (χ1n) is 9.19. The number of aliphatic hydroxyl groups excluding tert-OH is 1. The van der Waals surface area contributed by atoms with Gasteiger partial charge in [0.2, 0.25) is 0 Å². The molecule has 1 aromatic carbocycles. The van der Waals surface area contributed by atoms with Crippen LogP contribution in [0.3, 0.4) is 0 Å². The summed E-state index contributed by atoms with van der Waals surface area (Å²) in [6.45, 7) is 17.0. The summed E-state index contributed by atoms with van der Waals surface area (Å²) in [5.74, 6) is 0.859. The van der Waals surface area contributed by atoms with Crippen LogP contribution in [0.2, 0.25) is 0 Å². The van der Waals surface area contributed by atoms with Gasteiger partial charge in [0.15, 0.2) is 0 Å². The Labute approximate surface area is 153 Å². The highest BCUT2D eigenvalue weighted by molar-refractivity contribution is 5.33. The average Bonchev–Trinajstić information content (AvgIpc) is 2.46. The zero-order valence-electron chi connectivity index (χ0n) is 17.1. The highest BCUT2D eigenvalue weighted by Gasteiger charge is 2.25. The van der Waals surface area contributed by atoms with E-state index in [0.29, 0.717) is 26.4 Å². The third-order valence-corrected chi connectivity index (χ3v) is 4.07. The molecule has 0 spiro atoms. The fourth-order valence-corrected chi connectivity index (χ4v) is 3.08. The Bertz CT molecular complexity index is 520. The highest BCUT2D eigenvalue weighted by Crippen LogP contribution is 2.26. The molecule has 0 fully saturated rings. The smallest absolute Gasteiger partial charge is 0.119 e. The topological polar surface area (TPSA) is 50.7 Å². The van der Waals surface area contributed by atoms with Crippen LogP contribution in [0.15, 0.2) is 18.2 Å². The zero-order chi connectivity index (χ0) is 19.1. The summed E-state index contributed by atoms with van der Waals surface area (Å²) in [4.78, 5) is 0. The highest BCUT2D eigenvalue weighted by atomic mass is 16.5. The summed E-state index contributed by atoms with van der Waals surface area (Å²) in [6, 6.07) is 6.06. The van der Waals surface area contributed by atoms with Crippen molar-refractivity contribution in [1.82, 2.24) is 5.32 Å². The van der Waals surface area contributed by atoms with E-state index in [9.17, 15) is 5.11 Å². The molecule has 2 N–H and O–H groups in total. The summed E-state index contributed by atoms with van der Waals surface area (Å²) < 4.78 is 11.2. The number of rotatable bonds is 10. The predicted octanol–water partition coefficient (Wildman–Crippen LogP) is 3.86. The molecule has 1 atom stereocenters. The third-order valence-electron chi connectivity index (χ3n) is 4.07. The molecule has 0 unspecified atom stereocenters. The van der Waals surface area contributed by atoms with Gasteiger partial charge in [0.05, 0.1) is 19.3 Å². The molecular weight excluding hydrogens is 314 g/mol. The van der Waals surface area contributed by atoms with Crippen LogP contribution in [-0.4, -0.2) is 43.1 Å². The molecule has 0 amide bonds. The van der Waals surface area contributed by atoms with Gasteiger partial charge in [-0.25, -0.2) is 0 Å². The Balaban J connectivity index is 2.18. The van der Waals surface area contributed by atoms with Gasteiger partial charge in [-0.1, -0.05) is 26.8 Å². The van der Waals surface area contributed by atoms with Gasteiger partial charge in [0.1, 0.15) is 12.4 Å². The minimum absolute atomic E-state index is 0.00829. The Hall–Kier alpha value is -1.10. The van der Waals surface area contributed by atoms with Crippen molar-refractivity contribution in [3.8, 4) is 5.75 Å². The quantitative estimate of drug-likeness (QED) is 0.629. The van der Waals surface area contributed by atoms with Crippen molar-refractivity contribution in [2.24, 2.45) is 5.41 Å². The molecule has 0 heterocycles. The maximum absolute atomic E-state index is 10.1. The molecule has 4 nitrogen and oxygen atoms in total. The number of hydrogen-bond donors (Lipinski definition) is 2. The van der Waals surface area contributed by atoms with Crippen molar-refractivity contribution in [2.75, 3.05) is 26.4 Å². The Morgan fingerprint density at radius 1 is 1.04 bits per heavy atom. The van der Waals surface area contributed by atoms with Gasteiger partial charge in [0.25, 0.3) is 0 Å². The third kappa shape index (κ3) is 9.83. The summed E-state index contributed by atoms with van der Waals surface area (Å²) in [6.07, 6.45) is 0.526. The largest absolute Gasteiger partial charge is 0.491 e. The maximum Gasteiger partial charge on any atom is 0.119 e. The normalized spacial score (nSPS) is 13.8. The lowest BCUT2D eigenvalue weighted by molar-refractivity contribution is 0.0211. The van der Waals surface area contributed by atoms with E-state index in [0.717, 1.165) is 12.2 Å². The van der Waals surface area contributed by atoms with Gasteiger partial charge in [-0.2, -0.15) is 0 Å². The van der Waals surface area contributed by atoms with Crippen LogP contribution in [0.4, 0.5) is 0 Å². The molecule has 0 radical (unpaired) electrons.